The highest BCUT2D eigenvalue weighted by atomic mass is 19.1. The predicted octanol–water partition coefficient (Wildman–Crippen LogP) is 3.35. The van der Waals surface area contributed by atoms with Crippen molar-refractivity contribution in [3.63, 3.8) is 0 Å². The van der Waals surface area contributed by atoms with E-state index in [1.54, 1.807) is 12.1 Å². The fraction of sp³-hybridized carbons (Fsp3) is 0.250. The first-order valence-corrected chi connectivity index (χ1v) is 6.51. The lowest BCUT2D eigenvalue weighted by molar-refractivity contribution is 0.198. The molecule has 0 saturated heterocycles. The minimum absolute atomic E-state index is 0.0468. The van der Waals surface area contributed by atoms with Crippen LogP contribution in [0.2, 0.25) is 0 Å². The van der Waals surface area contributed by atoms with Crippen molar-refractivity contribution in [3.8, 4) is 5.75 Å². The van der Waals surface area contributed by atoms with Gasteiger partial charge in [0.05, 0.1) is 0 Å². The minimum Gasteiger partial charge on any atom is -0.483 e. The van der Waals surface area contributed by atoms with Crippen LogP contribution >= 0.6 is 0 Å². The molecular formula is C16H16FNO. The smallest absolute Gasteiger partial charge is 0.165 e. The van der Waals surface area contributed by atoms with E-state index in [9.17, 15) is 4.39 Å². The van der Waals surface area contributed by atoms with Gasteiger partial charge in [-0.15, -0.1) is 0 Å². The molecule has 1 unspecified atom stereocenters. The van der Waals surface area contributed by atoms with Gasteiger partial charge in [0.2, 0.25) is 0 Å². The van der Waals surface area contributed by atoms with E-state index in [-0.39, 0.29) is 11.9 Å². The summed E-state index contributed by atoms with van der Waals surface area (Å²) in [5, 5.41) is 0. The summed E-state index contributed by atoms with van der Waals surface area (Å²) >= 11 is 0. The molecule has 2 N–H and O–H groups in total. The maximum Gasteiger partial charge on any atom is 0.165 e. The first kappa shape index (κ1) is 12.2. The Kier molecular flexibility index (Phi) is 3.22. The number of ether oxygens (including phenoxy) is 1. The molecule has 98 valence electrons. The SMILES string of the molecule is NCc1ccc(OC2CCc3ccccc32)c(F)c1. The van der Waals surface area contributed by atoms with Gasteiger partial charge in [-0.3, -0.25) is 0 Å². The quantitative estimate of drug-likeness (QED) is 0.915. The van der Waals surface area contributed by atoms with Crippen LogP contribution in [0, 0.1) is 5.82 Å². The number of hydrogen-bond donors (Lipinski definition) is 1. The Bertz CT molecular complexity index is 597. The number of rotatable bonds is 3. The summed E-state index contributed by atoms with van der Waals surface area (Å²) in [5.41, 5.74) is 8.73. The third-order valence-electron chi connectivity index (χ3n) is 3.58. The van der Waals surface area contributed by atoms with E-state index in [1.807, 2.05) is 12.1 Å². The summed E-state index contributed by atoms with van der Waals surface area (Å²) in [6, 6.07) is 13.1. The Morgan fingerprint density at radius 2 is 2.05 bits per heavy atom. The van der Waals surface area contributed by atoms with Crippen LogP contribution in [-0.2, 0) is 13.0 Å². The van der Waals surface area contributed by atoms with Crippen molar-refractivity contribution in [2.75, 3.05) is 0 Å². The highest BCUT2D eigenvalue weighted by Gasteiger charge is 2.24. The molecule has 3 rings (SSSR count). The molecule has 0 amide bonds. The van der Waals surface area contributed by atoms with Crippen LogP contribution in [0.4, 0.5) is 4.39 Å². The molecule has 0 spiro atoms. The van der Waals surface area contributed by atoms with E-state index in [2.05, 4.69) is 12.1 Å². The summed E-state index contributed by atoms with van der Waals surface area (Å²) in [4.78, 5) is 0. The molecule has 0 heterocycles. The van der Waals surface area contributed by atoms with Gasteiger partial charge >= 0.3 is 0 Å². The molecule has 2 aromatic rings. The van der Waals surface area contributed by atoms with Crippen LogP contribution in [0.15, 0.2) is 42.5 Å². The van der Waals surface area contributed by atoms with Crippen molar-refractivity contribution in [2.24, 2.45) is 5.73 Å². The van der Waals surface area contributed by atoms with Crippen molar-refractivity contribution in [2.45, 2.75) is 25.5 Å². The van der Waals surface area contributed by atoms with Gasteiger partial charge in [-0.2, -0.15) is 0 Å². The molecule has 2 nitrogen and oxygen atoms in total. The van der Waals surface area contributed by atoms with Crippen molar-refractivity contribution < 1.29 is 9.13 Å². The second-order valence-electron chi connectivity index (χ2n) is 4.81. The average Bonchev–Trinajstić information content (AvgIpc) is 2.84. The zero-order valence-electron chi connectivity index (χ0n) is 10.6. The normalized spacial score (nSPS) is 17.3. The Hall–Kier alpha value is -1.87. The molecule has 1 aliphatic rings. The van der Waals surface area contributed by atoms with Gasteiger partial charge < -0.3 is 10.5 Å². The van der Waals surface area contributed by atoms with Gasteiger partial charge in [-0.25, -0.2) is 4.39 Å². The Morgan fingerprint density at radius 3 is 2.84 bits per heavy atom. The highest BCUT2D eigenvalue weighted by molar-refractivity contribution is 5.36. The summed E-state index contributed by atoms with van der Waals surface area (Å²) < 4.78 is 19.7. The number of fused-ring (bicyclic) bond motifs is 1. The first-order chi connectivity index (χ1) is 9.28. The van der Waals surface area contributed by atoms with Crippen molar-refractivity contribution >= 4 is 0 Å². The van der Waals surface area contributed by atoms with Crippen LogP contribution in [0.25, 0.3) is 0 Å². The lowest BCUT2D eigenvalue weighted by Gasteiger charge is -2.15. The highest BCUT2D eigenvalue weighted by Crippen LogP contribution is 2.35. The average molecular weight is 257 g/mol. The summed E-state index contributed by atoms with van der Waals surface area (Å²) in [5.74, 6) is -0.0359. The molecule has 1 atom stereocenters. The third-order valence-corrected chi connectivity index (χ3v) is 3.58. The van der Waals surface area contributed by atoms with Crippen molar-refractivity contribution in [1.82, 2.24) is 0 Å². The van der Waals surface area contributed by atoms with E-state index in [4.69, 9.17) is 10.5 Å². The lowest BCUT2D eigenvalue weighted by atomic mass is 10.1. The molecule has 0 bridgehead atoms. The third kappa shape index (κ3) is 2.34. The number of nitrogens with two attached hydrogens (primary N) is 1. The van der Waals surface area contributed by atoms with Crippen molar-refractivity contribution in [1.29, 1.82) is 0 Å². The topological polar surface area (TPSA) is 35.2 Å². The van der Waals surface area contributed by atoms with Crippen LogP contribution in [0.5, 0.6) is 5.75 Å². The van der Waals surface area contributed by atoms with E-state index in [1.165, 1.54) is 17.2 Å². The largest absolute Gasteiger partial charge is 0.483 e. The molecule has 1 aliphatic carbocycles. The predicted molar refractivity (Wildman–Crippen MR) is 72.4 cm³/mol. The van der Waals surface area contributed by atoms with E-state index < -0.39 is 0 Å². The fourth-order valence-electron chi connectivity index (χ4n) is 2.56. The second kappa shape index (κ2) is 5.02. The van der Waals surface area contributed by atoms with Gasteiger partial charge in [0.25, 0.3) is 0 Å². The Morgan fingerprint density at radius 1 is 1.21 bits per heavy atom. The molecule has 19 heavy (non-hydrogen) atoms. The van der Waals surface area contributed by atoms with Gasteiger partial charge in [-0.05, 0) is 41.7 Å². The zero-order valence-corrected chi connectivity index (χ0v) is 10.6. The van der Waals surface area contributed by atoms with Gasteiger partial charge in [0.1, 0.15) is 6.10 Å². The standard InChI is InChI=1S/C16H16FNO/c17-14-9-11(10-18)5-7-16(14)19-15-8-6-12-3-1-2-4-13(12)15/h1-5,7,9,15H,6,8,10,18H2. The van der Waals surface area contributed by atoms with E-state index in [0.717, 1.165) is 18.4 Å². The van der Waals surface area contributed by atoms with Crippen LogP contribution < -0.4 is 10.5 Å². The lowest BCUT2D eigenvalue weighted by Crippen LogP contribution is -2.05. The molecule has 0 aliphatic heterocycles. The fourth-order valence-corrected chi connectivity index (χ4v) is 2.56. The molecule has 0 saturated carbocycles. The molecular weight excluding hydrogens is 241 g/mol. The molecule has 2 aromatic carbocycles. The van der Waals surface area contributed by atoms with E-state index >= 15 is 0 Å². The maximum absolute atomic E-state index is 13.9. The van der Waals surface area contributed by atoms with Gasteiger partial charge in [0.15, 0.2) is 11.6 Å². The molecule has 0 radical (unpaired) electrons. The molecule has 0 aromatic heterocycles. The van der Waals surface area contributed by atoms with Gasteiger partial charge in [-0.1, -0.05) is 30.3 Å². The molecule has 3 heteroatoms. The number of hydrogen-bond acceptors (Lipinski definition) is 2. The molecule has 0 fully saturated rings. The van der Waals surface area contributed by atoms with Gasteiger partial charge in [0, 0.05) is 6.54 Å². The van der Waals surface area contributed by atoms with E-state index in [0.29, 0.717) is 12.3 Å². The Balaban J connectivity index is 1.83. The maximum atomic E-state index is 13.9. The number of aryl methyl sites for hydroxylation is 1. The first-order valence-electron chi connectivity index (χ1n) is 6.51. The Labute approximate surface area is 112 Å². The number of halogens is 1. The second-order valence-corrected chi connectivity index (χ2v) is 4.81. The summed E-state index contributed by atoms with van der Waals surface area (Å²) in [6.45, 7) is 0.337. The van der Waals surface area contributed by atoms with Crippen LogP contribution in [0.1, 0.15) is 29.2 Å². The van der Waals surface area contributed by atoms with Crippen LogP contribution in [0.3, 0.4) is 0 Å². The summed E-state index contributed by atoms with van der Waals surface area (Å²) in [6.07, 6.45) is 1.84. The zero-order chi connectivity index (χ0) is 13.2. The number of benzene rings is 2. The van der Waals surface area contributed by atoms with Crippen LogP contribution in [-0.4, -0.2) is 0 Å². The summed E-state index contributed by atoms with van der Waals surface area (Å²) in [7, 11) is 0. The monoisotopic (exact) mass is 257 g/mol. The van der Waals surface area contributed by atoms with Crippen molar-refractivity contribution in [3.05, 3.63) is 65.0 Å². The minimum atomic E-state index is -0.340.